The zero-order chi connectivity index (χ0) is 17.3. The van der Waals surface area contributed by atoms with E-state index in [0.29, 0.717) is 5.02 Å². The lowest BCUT2D eigenvalue weighted by atomic mass is 9.83. The molecular formula is C19H19ClN2OS. The quantitative estimate of drug-likeness (QED) is 0.791. The Labute approximate surface area is 151 Å². The van der Waals surface area contributed by atoms with Crippen LogP contribution in [0.15, 0.2) is 65.7 Å². The summed E-state index contributed by atoms with van der Waals surface area (Å²) >= 11 is 7.56. The zero-order valence-electron chi connectivity index (χ0n) is 13.9. The summed E-state index contributed by atoms with van der Waals surface area (Å²) in [6, 6.07) is 17.4. The molecule has 0 saturated carbocycles. The van der Waals surface area contributed by atoms with Crippen LogP contribution in [0.4, 0.5) is 5.69 Å². The number of amides is 1. The Kier molecular flexibility index (Phi) is 4.61. The van der Waals surface area contributed by atoms with E-state index in [4.69, 9.17) is 11.6 Å². The zero-order valence-corrected chi connectivity index (χ0v) is 15.4. The van der Waals surface area contributed by atoms with E-state index in [1.165, 1.54) is 0 Å². The largest absolute Gasteiger partial charge is 0.281 e. The maximum Gasteiger partial charge on any atom is 0.260 e. The molecule has 2 aromatic carbocycles. The Morgan fingerprint density at radius 2 is 1.71 bits per heavy atom. The van der Waals surface area contributed by atoms with Crippen LogP contribution in [-0.4, -0.2) is 24.2 Å². The minimum Gasteiger partial charge on any atom is -0.281 e. The molecule has 1 atom stereocenters. The first-order valence-corrected chi connectivity index (χ1v) is 9.24. The molecule has 0 aromatic heterocycles. The number of para-hydroxylation sites is 1. The summed E-state index contributed by atoms with van der Waals surface area (Å²) in [5, 5.41) is 5.23. The molecule has 3 nitrogen and oxygen atoms in total. The van der Waals surface area contributed by atoms with Gasteiger partial charge in [0.05, 0.1) is 16.1 Å². The maximum atomic E-state index is 13.3. The monoisotopic (exact) mass is 358 g/mol. The molecule has 5 heteroatoms. The number of carbonyl (C=O) groups excluding carboxylic acids is 1. The average molecular weight is 359 g/mol. The van der Waals surface area contributed by atoms with E-state index in [-0.39, 0.29) is 5.91 Å². The Hall–Kier alpha value is -1.91. The van der Waals surface area contributed by atoms with Crippen LogP contribution in [0, 0.1) is 0 Å². The van der Waals surface area contributed by atoms with Gasteiger partial charge in [0.2, 0.25) is 0 Å². The molecule has 0 N–H and O–H groups in total. The van der Waals surface area contributed by atoms with E-state index in [0.717, 1.165) is 16.3 Å². The minimum absolute atomic E-state index is 0.0283. The van der Waals surface area contributed by atoms with E-state index < -0.39 is 5.41 Å². The van der Waals surface area contributed by atoms with Gasteiger partial charge in [-0.2, -0.15) is 0 Å². The van der Waals surface area contributed by atoms with Crippen molar-refractivity contribution in [2.75, 3.05) is 18.3 Å². The van der Waals surface area contributed by atoms with Crippen molar-refractivity contribution >= 4 is 35.0 Å². The first-order chi connectivity index (χ1) is 11.5. The molecule has 0 spiro atoms. The van der Waals surface area contributed by atoms with Crippen LogP contribution < -0.4 is 5.01 Å². The standard InChI is InChI=1S/C19H19ClN2OS/c1-19(14-9-11-15(20)12-10-14)13-17(24-3)22(18(19)23)21(2)16-7-5-4-6-8-16/h4-13H,1-3H3. The summed E-state index contributed by atoms with van der Waals surface area (Å²) in [6.45, 7) is 1.95. The normalized spacial score (nSPS) is 20.2. The fraction of sp³-hybridized carbons (Fsp3) is 0.211. The Morgan fingerprint density at radius 1 is 1.08 bits per heavy atom. The first kappa shape index (κ1) is 16.9. The third-order valence-electron chi connectivity index (χ3n) is 4.34. The summed E-state index contributed by atoms with van der Waals surface area (Å²) in [6.07, 6.45) is 4.02. The third kappa shape index (κ3) is 2.80. The number of anilines is 1. The molecular weight excluding hydrogens is 340 g/mol. The lowest BCUT2D eigenvalue weighted by Crippen LogP contribution is -2.45. The highest BCUT2D eigenvalue weighted by Gasteiger charge is 2.45. The maximum absolute atomic E-state index is 13.3. The molecule has 1 heterocycles. The topological polar surface area (TPSA) is 23.6 Å². The van der Waals surface area contributed by atoms with Crippen LogP contribution in [0.25, 0.3) is 0 Å². The number of carbonyl (C=O) groups is 1. The van der Waals surface area contributed by atoms with E-state index >= 15 is 0 Å². The van der Waals surface area contributed by atoms with Gasteiger partial charge >= 0.3 is 0 Å². The third-order valence-corrected chi connectivity index (χ3v) is 5.30. The molecule has 124 valence electrons. The van der Waals surface area contributed by atoms with E-state index in [1.807, 2.05) is 85.9 Å². The molecule has 24 heavy (non-hydrogen) atoms. The van der Waals surface area contributed by atoms with Crippen molar-refractivity contribution in [1.82, 2.24) is 5.01 Å². The van der Waals surface area contributed by atoms with Gasteiger partial charge < -0.3 is 0 Å². The van der Waals surface area contributed by atoms with Gasteiger partial charge in [-0.25, -0.2) is 5.01 Å². The molecule has 0 aliphatic carbocycles. The van der Waals surface area contributed by atoms with Crippen LogP contribution >= 0.6 is 23.4 Å². The second kappa shape index (κ2) is 6.54. The average Bonchev–Trinajstić information content (AvgIpc) is 2.87. The molecule has 3 rings (SSSR count). The number of hydrogen-bond acceptors (Lipinski definition) is 3. The number of nitrogens with zero attached hydrogens (tertiary/aromatic N) is 2. The van der Waals surface area contributed by atoms with Crippen molar-refractivity contribution in [1.29, 1.82) is 0 Å². The Bertz CT molecular complexity index is 776. The van der Waals surface area contributed by atoms with Gasteiger partial charge in [-0.3, -0.25) is 9.80 Å². The number of hydrogen-bond donors (Lipinski definition) is 0. The van der Waals surface area contributed by atoms with Crippen molar-refractivity contribution in [2.24, 2.45) is 0 Å². The summed E-state index contributed by atoms with van der Waals surface area (Å²) in [5.74, 6) is 0.0283. The van der Waals surface area contributed by atoms with Crippen LogP contribution in [0.1, 0.15) is 12.5 Å². The molecule has 0 radical (unpaired) electrons. The predicted molar refractivity (Wildman–Crippen MR) is 102 cm³/mol. The molecule has 2 aromatic rings. The molecule has 0 saturated heterocycles. The SMILES string of the molecule is CSC1=CC(C)(c2ccc(Cl)cc2)C(=O)N1N(C)c1ccccc1. The molecule has 1 aliphatic rings. The van der Waals surface area contributed by atoms with Crippen LogP contribution in [0.5, 0.6) is 0 Å². The second-order valence-corrected chi connectivity index (χ2v) is 7.14. The van der Waals surface area contributed by atoms with E-state index in [1.54, 1.807) is 16.8 Å². The minimum atomic E-state index is -0.702. The number of hydrazine groups is 1. The fourth-order valence-electron chi connectivity index (χ4n) is 2.88. The summed E-state index contributed by atoms with van der Waals surface area (Å²) in [4.78, 5) is 13.3. The number of thioether (sulfide) groups is 1. The van der Waals surface area contributed by atoms with Gasteiger partial charge in [-0.15, -0.1) is 11.8 Å². The second-order valence-electron chi connectivity index (χ2n) is 5.87. The Morgan fingerprint density at radius 3 is 2.29 bits per heavy atom. The molecule has 1 amide bonds. The highest BCUT2D eigenvalue weighted by Crippen LogP contribution is 2.41. The summed E-state index contributed by atoms with van der Waals surface area (Å²) in [5.41, 5.74) is 1.20. The molecule has 0 fully saturated rings. The van der Waals surface area contributed by atoms with Crippen molar-refractivity contribution in [2.45, 2.75) is 12.3 Å². The number of rotatable bonds is 4. The lowest BCUT2D eigenvalue weighted by molar-refractivity contribution is -0.131. The van der Waals surface area contributed by atoms with Crippen LogP contribution in [-0.2, 0) is 10.2 Å². The first-order valence-electron chi connectivity index (χ1n) is 7.63. The van der Waals surface area contributed by atoms with Gasteiger partial charge in [0.15, 0.2) is 0 Å². The van der Waals surface area contributed by atoms with E-state index in [2.05, 4.69) is 0 Å². The van der Waals surface area contributed by atoms with Crippen molar-refractivity contribution in [3.05, 3.63) is 76.3 Å². The van der Waals surface area contributed by atoms with E-state index in [9.17, 15) is 4.79 Å². The van der Waals surface area contributed by atoms with Crippen LogP contribution in [0.3, 0.4) is 0 Å². The highest BCUT2D eigenvalue weighted by molar-refractivity contribution is 8.02. The Balaban J connectivity index is 2.00. The number of benzene rings is 2. The van der Waals surface area contributed by atoms with Crippen LogP contribution in [0.2, 0.25) is 5.02 Å². The smallest absolute Gasteiger partial charge is 0.260 e. The van der Waals surface area contributed by atoms with Crippen molar-refractivity contribution < 1.29 is 4.79 Å². The number of halogens is 1. The van der Waals surface area contributed by atoms with Gasteiger partial charge in [0.1, 0.15) is 0 Å². The summed E-state index contributed by atoms with van der Waals surface area (Å²) in [7, 11) is 1.91. The van der Waals surface area contributed by atoms with Gasteiger partial charge in [0.25, 0.3) is 5.91 Å². The van der Waals surface area contributed by atoms with Gasteiger partial charge in [0, 0.05) is 12.1 Å². The molecule has 1 unspecified atom stereocenters. The fourth-order valence-corrected chi connectivity index (χ4v) is 3.74. The predicted octanol–water partition coefficient (Wildman–Crippen LogP) is 4.70. The lowest BCUT2D eigenvalue weighted by Gasteiger charge is -2.33. The van der Waals surface area contributed by atoms with Crippen molar-refractivity contribution in [3.63, 3.8) is 0 Å². The molecule has 0 bridgehead atoms. The van der Waals surface area contributed by atoms with Crippen molar-refractivity contribution in [3.8, 4) is 0 Å². The van der Waals surface area contributed by atoms with Gasteiger partial charge in [-0.1, -0.05) is 41.9 Å². The highest BCUT2D eigenvalue weighted by atomic mass is 35.5. The summed E-state index contributed by atoms with van der Waals surface area (Å²) < 4.78 is 0. The van der Waals surface area contributed by atoms with Gasteiger partial charge in [-0.05, 0) is 49.1 Å². The molecule has 1 aliphatic heterocycles.